The first-order valence-corrected chi connectivity index (χ1v) is 10.1. The van der Waals surface area contributed by atoms with Crippen molar-refractivity contribution in [2.45, 2.75) is 19.8 Å². The molecule has 0 spiro atoms. The molecule has 1 saturated heterocycles. The first kappa shape index (κ1) is 23.4. The molecule has 2 fully saturated rings. The largest absolute Gasteiger partial charge is 0.573 e. The Balaban J connectivity index is 0.00000272. The maximum Gasteiger partial charge on any atom is 0.573 e. The standard InChI is InChI=1S/C21H25F3N4O2.ClH/c1-3-27-9-16-17(10-27)18(16)11-28(20(29)19-12-26(2)13-25-19)8-14-5-4-6-15(7-14)30-21(22,23)24;/h4-7,12-13,16-18H,3,8-11H2,1-2H3;1H. The van der Waals surface area contributed by atoms with E-state index in [1.54, 1.807) is 35.1 Å². The Bertz CT molecular complexity index is 908. The first-order chi connectivity index (χ1) is 14.2. The van der Waals surface area contributed by atoms with Crippen molar-refractivity contribution in [1.82, 2.24) is 19.4 Å². The summed E-state index contributed by atoms with van der Waals surface area (Å²) >= 11 is 0. The van der Waals surface area contributed by atoms with Crippen molar-refractivity contribution in [2.24, 2.45) is 24.8 Å². The molecule has 2 atom stereocenters. The number of rotatable bonds is 7. The van der Waals surface area contributed by atoms with Gasteiger partial charge >= 0.3 is 6.36 Å². The van der Waals surface area contributed by atoms with E-state index in [4.69, 9.17) is 0 Å². The Kier molecular flexibility index (Phi) is 6.85. The Morgan fingerprint density at radius 3 is 2.58 bits per heavy atom. The number of likely N-dealkylation sites (tertiary alicyclic amines) is 1. The molecule has 0 bridgehead atoms. The van der Waals surface area contributed by atoms with Crippen molar-refractivity contribution in [2.75, 3.05) is 26.2 Å². The van der Waals surface area contributed by atoms with Gasteiger partial charge in [0, 0.05) is 39.4 Å². The number of aromatic nitrogens is 2. The van der Waals surface area contributed by atoms with Crippen LogP contribution in [0.25, 0.3) is 0 Å². The average molecular weight is 459 g/mol. The number of halogens is 4. The zero-order valence-electron chi connectivity index (χ0n) is 17.4. The van der Waals surface area contributed by atoms with E-state index in [9.17, 15) is 18.0 Å². The van der Waals surface area contributed by atoms with Crippen LogP contribution in [0.15, 0.2) is 36.8 Å². The molecule has 6 nitrogen and oxygen atoms in total. The molecule has 2 aliphatic rings. The third-order valence-corrected chi connectivity index (χ3v) is 6.04. The smallest absolute Gasteiger partial charge is 0.406 e. The minimum Gasteiger partial charge on any atom is -0.406 e. The van der Waals surface area contributed by atoms with Crippen molar-refractivity contribution in [3.8, 4) is 5.75 Å². The molecule has 170 valence electrons. The second kappa shape index (κ2) is 9.08. The predicted molar refractivity (Wildman–Crippen MR) is 111 cm³/mol. The van der Waals surface area contributed by atoms with Crippen LogP contribution in [0.4, 0.5) is 13.2 Å². The van der Waals surface area contributed by atoms with Crippen molar-refractivity contribution < 1.29 is 22.7 Å². The van der Waals surface area contributed by atoms with Crippen molar-refractivity contribution >= 4 is 18.3 Å². The van der Waals surface area contributed by atoms with E-state index in [0.717, 1.165) is 19.6 Å². The molecule has 0 radical (unpaired) electrons. The average Bonchev–Trinajstić information content (AvgIpc) is 3.03. The molecule has 4 rings (SSSR count). The number of fused-ring (bicyclic) bond motifs is 1. The summed E-state index contributed by atoms with van der Waals surface area (Å²) in [5.74, 6) is 1.10. The molecule has 0 N–H and O–H groups in total. The Hall–Kier alpha value is -2.26. The van der Waals surface area contributed by atoms with E-state index in [-0.39, 0.29) is 30.6 Å². The van der Waals surface area contributed by atoms with Crippen LogP contribution >= 0.6 is 12.4 Å². The highest BCUT2D eigenvalue weighted by Gasteiger charge is 2.55. The van der Waals surface area contributed by atoms with Gasteiger partial charge in [0.1, 0.15) is 11.4 Å². The molecule has 1 aromatic carbocycles. The molecule has 1 aliphatic carbocycles. The summed E-state index contributed by atoms with van der Waals surface area (Å²) in [4.78, 5) is 21.4. The van der Waals surface area contributed by atoms with Crippen LogP contribution in [-0.4, -0.2) is 57.8 Å². The lowest BCUT2D eigenvalue weighted by Crippen LogP contribution is -2.35. The van der Waals surface area contributed by atoms with Gasteiger partial charge in [0.05, 0.1) is 6.33 Å². The monoisotopic (exact) mass is 458 g/mol. The van der Waals surface area contributed by atoms with Gasteiger partial charge in [0.25, 0.3) is 5.91 Å². The summed E-state index contributed by atoms with van der Waals surface area (Å²) in [6.07, 6.45) is -1.53. The van der Waals surface area contributed by atoms with Crippen molar-refractivity contribution in [3.05, 3.63) is 48.0 Å². The molecule has 1 aliphatic heterocycles. The quantitative estimate of drug-likeness (QED) is 0.636. The van der Waals surface area contributed by atoms with E-state index in [0.29, 0.717) is 35.6 Å². The molecular formula is C21H26ClF3N4O2. The van der Waals surface area contributed by atoms with Crippen LogP contribution < -0.4 is 4.74 Å². The van der Waals surface area contributed by atoms with Gasteiger partial charge in [-0.25, -0.2) is 4.98 Å². The van der Waals surface area contributed by atoms with Gasteiger partial charge < -0.3 is 19.1 Å². The number of alkyl halides is 3. The lowest BCUT2D eigenvalue weighted by molar-refractivity contribution is -0.274. The van der Waals surface area contributed by atoms with Crippen LogP contribution in [0.2, 0.25) is 0 Å². The SMILES string of the molecule is CCN1CC2C(C1)C2CN(Cc1cccc(OC(F)(F)F)c1)C(=O)c1cn(C)cn1.Cl. The zero-order valence-corrected chi connectivity index (χ0v) is 18.2. The Labute approximate surface area is 185 Å². The fourth-order valence-electron chi connectivity index (χ4n) is 4.49. The molecule has 1 saturated carbocycles. The van der Waals surface area contributed by atoms with Crippen LogP contribution in [0.5, 0.6) is 5.75 Å². The van der Waals surface area contributed by atoms with Crippen molar-refractivity contribution in [1.29, 1.82) is 0 Å². The topological polar surface area (TPSA) is 50.6 Å². The van der Waals surface area contributed by atoms with E-state index < -0.39 is 6.36 Å². The minimum atomic E-state index is -4.75. The second-order valence-corrected chi connectivity index (χ2v) is 8.15. The van der Waals surface area contributed by atoms with Gasteiger partial charge in [-0.3, -0.25) is 4.79 Å². The third-order valence-electron chi connectivity index (χ3n) is 6.04. The highest BCUT2D eigenvalue weighted by Crippen LogP contribution is 2.52. The molecule has 1 aromatic heterocycles. The van der Waals surface area contributed by atoms with Crippen molar-refractivity contribution in [3.63, 3.8) is 0 Å². The molecule has 2 heterocycles. The van der Waals surface area contributed by atoms with E-state index in [1.165, 1.54) is 18.2 Å². The van der Waals surface area contributed by atoms with Gasteiger partial charge in [-0.2, -0.15) is 0 Å². The first-order valence-electron chi connectivity index (χ1n) is 10.1. The molecule has 2 aromatic rings. The van der Waals surface area contributed by atoms with Crippen LogP contribution in [0.3, 0.4) is 0 Å². The maximum absolute atomic E-state index is 13.1. The molecule has 1 amide bonds. The molecule has 31 heavy (non-hydrogen) atoms. The number of amides is 1. The summed E-state index contributed by atoms with van der Waals surface area (Å²) in [5.41, 5.74) is 0.920. The summed E-state index contributed by atoms with van der Waals surface area (Å²) in [6, 6.07) is 5.80. The molecular weight excluding hydrogens is 433 g/mol. The second-order valence-electron chi connectivity index (χ2n) is 8.15. The number of benzene rings is 1. The highest BCUT2D eigenvalue weighted by atomic mass is 35.5. The molecule has 10 heteroatoms. The summed E-state index contributed by atoms with van der Waals surface area (Å²) in [5, 5.41) is 0. The predicted octanol–water partition coefficient (Wildman–Crippen LogP) is 3.58. The normalized spacial score (nSPS) is 22.5. The van der Waals surface area contributed by atoms with Crippen LogP contribution in [0.1, 0.15) is 23.0 Å². The lowest BCUT2D eigenvalue weighted by Gasteiger charge is -2.25. The lowest BCUT2D eigenvalue weighted by atomic mass is 10.1. The zero-order chi connectivity index (χ0) is 21.5. The summed E-state index contributed by atoms with van der Waals surface area (Å²) in [6.45, 7) is 6.05. The van der Waals surface area contributed by atoms with E-state index in [1.807, 2.05) is 0 Å². The minimum absolute atomic E-state index is 0. The van der Waals surface area contributed by atoms with Crippen LogP contribution in [-0.2, 0) is 13.6 Å². The van der Waals surface area contributed by atoms with Gasteiger partial charge in [-0.15, -0.1) is 25.6 Å². The van der Waals surface area contributed by atoms with Gasteiger partial charge in [-0.05, 0) is 42.0 Å². The fourth-order valence-corrected chi connectivity index (χ4v) is 4.49. The number of ether oxygens (including phenoxy) is 1. The van der Waals surface area contributed by atoms with E-state index >= 15 is 0 Å². The van der Waals surface area contributed by atoms with Crippen LogP contribution in [0, 0.1) is 17.8 Å². The number of carbonyl (C=O) groups is 1. The summed E-state index contributed by atoms with van der Waals surface area (Å²) in [7, 11) is 1.79. The number of hydrogen-bond donors (Lipinski definition) is 0. The number of carbonyl (C=O) groups excluding carboxylic acids is 1. The number of piperidine rings is 1. The van der Waals surface area contributed by atoms with Gasteiger partial charge in [0.15, 0.2) is 0 Å². The highest BCUT2D eigenvalue weighted by molar-refractivity contribution is 5.92. The van der Waals surface area contributed by atoms with Gasteiger partial charge in [0.2, 0.25) is 0 Å². The third kappa shape index (κ3) is 5.51. The number of hydrogen-bond acceptors (Lipinski definition) is 4. The fraction of sp³-hybridized carbons (Fsp3) is 0.524. The number of nitrogens with zero attached hydrogens (tertiary/aromatic N) is 4. The van der Waals surface area contributed by atoms with E-state index in [2.05, 4.69) is 21.5 Å². The number of aryl methyl sites for hydroxylation is 1. The molecule has 2 unspecified atom stereocenters. The Morgan fingerprint density at radius 1 is 1.29 bits per heavy atom. The Morgan fingerprint density at radius 2 is 2.00 bits per heavy atom. The van der Waals surface area contributed by atoms with Gasteiger partial charge in [-0.1, -0.05) is 19.1 Å². The summed E-state index contributed by atoms with van der Waals surface area (Å²) < 4.78 is 43.4. The maximum atomic E-state index is 13.1. The number of imidazole rings is 1.